The maximum Gasteiger partial charge on any atom is 0.229 e. The molecule has 4 heteroatoms. The molecule has 1 aromatic heterocycles. The van der Waals surface area contributed by atoms with Gasteiger partial charge in [-0.05, 0) is 26.2 Å². The van der Waals surface area contributed by atoms with Crippen LogP contribution in [0.15, 0.2) is 4.52 Å². The first kappa shape index (κ1) is 11.6. The fourth-order valence-corrected chi connectivity index (χ4v) is 1.82. The average Bonchev–Trinajstić information content (AvgIpc) is 2.96. The lowest BCUT2D eigenvalue weighted by molar-refractivity contribution is 0.343. The first-order valence-corrected chi connectivity index (χ1v) is 6.26. The zero-order valence-corrected chi connectivity index (χ0v) is 10.2. The van der Waals surface area contributed by atoms with Crippen molar-refractivity contribution in [1.82, 2.24) is 10.1 Å². The molecule has 0 aliphatic heterocycles. The van der Waals surface area contributed by atoms with Gasteiger partial charge in [-0.3, -0.25) is 0 Å². The summed E-state index contributed by atoms with van der Waals surface area (Å²) in [6.07, 6.45) is 6.81. The molecule has 2 rings (SSSR count). The van der Waals surface area contributed by atoms with Crippen LogP contribution < -0.4 is 5.73 Å². The summed E-state index contributed by atoms with van der Waals surface area (Å²) in [5.74, 6) is 1.96. The number of rotatable bonds is 6. The van der Waals surface area contributed by atoms with Crippen molar-refractivity contribution < 1.29 is 4.52 Å². The van der Waals surface area contributed by atoms with Gasteiger partial charge in [0, 0.05) is 5.92 Å². The zero-order valence-electron chi connectivity index (χ0n) is 10.2. The number of nitrogens with two attached hydrogens (primary N) is 1. The van der Waals surface area contributed by atoms with Crippen LogP contribution in [0.2, 0.25) is 0 Å². The fourth-order valence-electron chi connectivity index (χ4n) is 1.82. The van der Waals surface area contributed by atoms with Gasteiger partial charge in [0.15, 0.2) is 5.82 Å². The molecule has 90 valence electrons. The Kier molecular flexibility index (Phi) is 3.28. The molecule has 0 radical (unpaired) electrons. The number of aromatic nitrogens is 2. The molecule has 1 unspecified atom stereocenters. The van der Waals surface area contributed by atoms with Crippen LogP contribution >= 0.6 is 0 Å². The standard InChI is InChI=1S/C12H21N3O/c1-3-4-5-8-12(2,13)11-14-10(16-15-11)9-6-7-9/h9H,3-8,13H2,1-2H3. The molecule has 16 heavy (non-hydrogen) atoms. The van der Waals surface area contributed by atoms with Gasteiger partial charge in [0.25, 0.3) is 0 Å². The van der Waals surface area contributed by atoms with Gasteiger partial charge in [-0.1, -0.05) is 31.3 Å². The molecule has 0 amide bonds. The van der Waals surface area contributed by atoms with Gasteiger partial charge in [-0.15, -0.1) is 0 Å². The van der Waals surface area contributed by atoms with E-state index in [4.69, 9.17) is 10.3 Å². The van der Waals surface area contributed by atoms with Crippen molar-refractivity contribution >= 4 is 0 Å². The summed E-state index contributed by atoms with van der Waals surface area (Å²) in [6, 6.07) is 0. The second-order valence-corrected chi connectivity index (χ2v) is 5.11. The first-order chi connectivity index (χ1) is 7.63. The van der Waals surface area contributed by atoms with Crippen molar-refractivity contribution in [2.75, 3.05) is 0 Å². The van der Waals surface area contributed by atoms with Crippen LogP contribution in [0.4, 0.5) is 0 Å². The summed E-state index contributed by atoms with van der Waals surface area (Å²) < 4.78 is 5.24. The van der Waals surface area contributed by atoms with Crippen molar-refractivity contribution in [3.63, 3.8) is 0 Å². The number of nitrogens with zero attached hydrogens (tertiary/aromatic N) is 2. The molecule has 0 saturated heterocycles. The van der Waals surface area contributed by atoms with E-state index >= 15 is 0 Å². The molecule has 2 N–H and O–H groups in total. The lowest BCUT2D eigenvalue weighted by Gasteiger charge is -2.19. The lowest BCUT2D eigenvalue weighted by atomic mass is 9.95. The van der Waals surface area contributed by atoms with Crippen LogP contribution in [0.5, 0.6) is 0 Å². The predicted molar refractivity (Wildman–Crippen MR) is 62.0 cm³/mol. The van der Waals surface area contributed by atoms with Crippen LogP contribution in [0.3, 0.4) is 0 Å². The minimum absolute atomic E-state index is 0.439. The Morgan fingerprint density at radius 1 is 1.44 bits per heavy atom. The summed E-state index contributed by atoms with van der Waals surface area (Å²) in [5, 5.41) is 4.02. The fraction of sp³-hybridized carbons (Fsp3) is 0.833. The van der Waals surface area contributed by atoms with E-state index in [0.29, 0.717) is 11.7 Å². The van der Waals surface area contributed by atoms with E-state index in [1.54, 1.807) is 0 Å². The average molecular weight is 223 g/mol. The second kappa shape index (κ2) is 4.53. The topological polar surface area (TPSA) is 64.9 Å². The summed E-state index contributed by atoms with van der Waals surface area (Å²) in [5.41, 5.74) is 5.79. The molecule has 1 atom stereocenters. The molecule has 0 aromatic carbocycles. The predicted octanol–water partition coefficient (Wildman–Crippen LogP) is 2.70. The van der Waals surface area contributed by atoms with Gasteiger partial charge in [-0.25, -0.2) is 0 Å². The van der Waals surface area contributed by atoms with Gasteiger partial charge in [0.1, 0.15) is 0 Å². The summed E-state index contributed by atoms with van der Waals surface area (Å²) in [7, 11) is 0. The Labute approximate surface area is 96.6 Å². The highest BCUT2D eigenvalue weighted by Crippen LogP contribution is 2.39. The third-order valence-electron chi connectivity index (χ3n) is 3.18. The Hall–Kier alpha value is -0.900. The molecule has 0 bridgehead atoms. The van der Waals surface area contributed by atoms with E-state index in [1.807, 2.05) is 6.92 Å². The Morgan fingerprint density at radius 3 is 2.81 bits per heavy atom. The molecule has 1 heterocycles. The van der Waals surface area contributed by atoms with Gasteiger partial charge in [-0.2, -0.15) is 4.98 Å². The van der Waals surface area contributed by atoms with Crippen molar-refractivity contribution in [2.45, 2.75) is 63.8 Å². The van der Waals surface area contributed by atoms with Crippen LogP contribution in [0.1, 0.15) is 70.0 Å². The van der Waals surface area contributed by atoms with Crippen LogP contribution in [-0.2, 0) is 5.54 Å². The van der Waals surface area contributed by atoms with E-state index in [9.17, 15) is 0 Å². The number of hydrogen-bond acceptors (Lipinski definition) is 4. The third-order valence-corrected chi connectivity index (χ3v) is 3.18. The summed E-state index contributed by atoms with van der Waals surface area (Å²) in [6.45, 7) is 4.18. The smallest absolute Gasteiger partial charge is 0.229 e. The van der Waals surface area contributed by atoms with Crippen LogP contribution in [0, 0.1) is 0 Å². The summed E-state index contributed by atoms with van der Waals surface area (Å²) >= 11 is 0. The quantitative estimate of drug-likeness (QED) is 0.753. The molecular formula is C12H21N3O. The normalized spacial score (nSPS) is 19.7. The van der Waals surface area contributed by atoms with Gasteiger partial charge < -0.3 is 10.3 Å². The monoisotopic (exact) mass is 223 g/mol. The molecular weight excluding hydrogens is 202 g/mol. The first-order valence-electron chi connectivity index (χ1n) is 6.26. The minimum Gasteiger partial charge on any atom is -0.339 e. The largest absolute Gasteiger partial charge is 0.339 e. The SMILES string of the molecule is CCCCCC(C)(N)c1noc(C2CC2)n1. The van der Waals surface area contributed by atoms with Gasteiger partial charge >= 0.3 is 0 Å². The molecule has 1 fully saturated rings. The highest BCUT2D eigenvalue weighted by Gasteiger charge is 2.33. The van der Waals surface area contributed by atoms with E-state index in [-0.39, 0.29) is 0 Å². The van der Waals surface area contributed by atoms with E-state index in [0.717, 1.165) is 18.7 Å². The van der Waals surface area contributed by atoms with Crippen molar-refractivity contribution in [1.29, 1.82) is 0 Å². The van der Waals surface area contributed by atoms with Crippen LogP contribution in [0.25, 0.3) is 0 Å². The third kappa shape index (κ3) is 2.61. The highest BCUT2D eigenvalue weighted by molar-refractivity contribution is 5.07. The van der Waals surface area contributed by atoms with Gasteiger partial charge in [0.2, 0.25) is 5.89 Å². The van der Waals surface area contributed by atoms with E-state index < -0.39 is 5.54 Å². The maximum atomic E-state index is 6.23. The molecule has 1 aliphatic carbocycles. The van der Waals surface area contributed by atoms with Crippen molar-refractivity contribution in [2.24, 2.45) is 5.73 Å². The van der Waals surface area contributed by atoms with Gasteiger partial charge in [0.05, 0.1) is 5.54 Å². The van der Waals surface area contributed by atoms with Crippen LogP contribution in [-0.4, -0.2) is 10.1 Å². The van der Waals surface area contributed by atoms with Crippen molar-refractivity contribution in [3.05, 3.63) is 11.7 Å². The highest BCUT2D eigenvalue weighted by atomic mass is 16.5. The number of unbranched alkanes of at least 4 members (excludes halogenated alkanes) is 2. The lowest BCUT2D eigenvalue weighted by Crippen LogP contribution is -2.34. The molecule has 1 saturated carbocycles. The second-order valence-electron chi connectivity index (χ2n) is 5.11. The molecule has 4 nitrogen and oxygen atoms in total. The molecule has 1 aliphatic rings. The summed E-state index contributed by atoms with van der Waals surface area (Å²) in [4.78, 5) is 4.42. The molecule has 1 aromatic rings. The maximum absolute atomic E-state index is 6.23. The zero-order chi connectivity index (χ0) is 11.6. The molecule has 0 spiro atoms. The van der Waals surface area contributed by atoms with E-state index in [1.165, 1.54) is 25.7 Å². The minimum atomic E-state index is -0.439. The number of hydrogen-bond donors (Lipinski definition) is 1. The Morgan fingerprint density at radius 2 is 2.19 bits per heavy atom. The van der Waals surface area contributed by atoms with E-state index in [2.05, 4.69) is 17.1 Å². The Balaban J connectivity index is 1.96. The Bertz CT molecular complexity index is 342. The van der Waals surface area contributed by atoms with Crippen molar-refractivity contribution in [3.8, 4) is 0 Å².